The molecule has 1 aromatic heterocycles. The number of anilines is 2. The number of aromatic nitrogens is 2. The van der Waals surface area contributed by atoms with Crippen molar-refractivity contribution < 1.29 is 32.3 Å². The first-order valence-corrected chi connectivity index (χ1v) is 19.8. The number of piperidine rings is 1. The van der Waals surface area contributed by atoms with E-state index in [4.69, 9.17) is 4.74 Å². The molecular weight excluding hydrogens is 677 g/mol. The number of nitrogens with zero attached hydrogens (tertiary/aromatic N) is 5. The van der Waals surface area contributed by atoms with Gasteiger partial charge in [-0.3, -0.25) is 19.1 Å². The molecule has 5 aliphatic rings. The number of carbonyl (C=O) groups excluding carboxylic acids is 4. The van der Waals surface area contributed by atoms with Gasteiger partial charge >= 0.3 is 6.09 Å². The Bertz CT molecular complexity index is 1650. The van der Waals surface area contributed by atoms with Gasteiger partial charge in [0.15, 0.2) is 0 Å². The molecule has 2 aliphatic heterocycles. The smallest absolute Gasteiger partial charge is 0.408 e. The number of ether oxygens (including phenoxy) is 1. The van der Waals surface area contributed by atoms with E-state index in [0.717, 1.165) is 63.9 Å². The summed E-state index contributed by atoms with van der Waals surface area (Å²) in [7, 11) is -3.88. The lowest BCUT2D eigenvalue weighted by Crippen LogP contribution is -2.60. The fourth-order valence-corrected chi connectivity index (χ4v) is 8.75. The molecule has 0 unspecified atom stereocenters. The summed E-state index contributed by atoms with van der Waals surface area (Å²) in [5.74, 6) is -0.590. The topological polar surface area (TPSA) is 183 Å². The highest BCUT2D eigenvalue weighted by molar-refractivity contribution is 7.91. The van der Waals surface area contributed by atoms with Gasteiger partial charge in [0.2, 0.25) is 21.8 Å². The number of hydrogen-bond donors (Lipinski definition) is 3. The number of carbonyl (C=O) groups is 4. The molecule has 3 aliphatic carbocycles. The summed E-state index contributed by atoms with van der Waals surface area (Å²) in [6.07, 6.45) is 8.49. The zero-order valence-electron chi connectivity index (χ0n) is 30.2. The van der Waals surface area contributed by atoms with Gasteiger partial charge in [0.1, 0.15) is 41.2 Å². The van der Waals surface area contributed by atoms with Crippen LogP contribution in [0.5, 0.6) is 0 Å². The van der Waals surface area contributed by atoms with Gasteiger partial charge < -0.3 is 30.1 Å². The van der Waals surface area contributed by atoms with E-state index in [1.165, 1.54) is 11.0 Å². The quantitative estimate of drug-likeness (QED) is 0.285. The normalized spacial score (nSPS) is 26.0. The van der Waals surface area contributed by atoms with Gasteiger partial charge in [-0.1, -0.05) is 26.8 Å². The van der Waals surface area contributed by atoms with Crippen molar-refractivity contribution in [2.45, 2.75) is 121 Å². The minimum Gasteiger partial charge on any atom is -0.446 e. The van der Waals surface area contributed by atoms with E-state index < -0.39 is 68.0 Å². The van der Waals surface area contributed by atoms with Crippen LogP contribution >= 0.6 is 0 Å². The third-order valence-electron chi connectivity index (χ3n) is 10.7. The fourth-order valence-electron chi connectivity index (χ4n) is 7.39. The second-order valence-electron chi connectivity index (χ2n) is 15.8. The summed E-state index contributed by atoms with van der Waals surface area (Å²) in [6, 6.07) is -0.300. The first-order valence-electron chi connectivity index (χ1n) is 18.2. The summed E-state index contributed by atoms with van der Waals surface area (Å²) in [6.45, 7) is 12.8. The second-order valence-corrected chi connectivity index (χ2v) is 17.8. The number of aryl methyl sites for hydroxylation is 1. The van der Waals surface area contributed by atoms with Crippen LogP contribution in [-0.2, 0) is 29.1 Å². The molecule has 0 bridgehead atoms. The number of nitrogens with one attached hydrogen (secondary N) is 3. The second kappa shape index (κ2) is 14.2. The maximum Gasteiger partial charge on any atom is 0.408 e. The minimum absolute atomic E-state index is 0.0289. The van der Waals surface area contributed by atoms with E-state index >= 15 is 0 Å². The summed E-state index contributed by atoms with van der Waals surface area (Å²) < 4.78 is 33.2. The maximum absolute atomic E-state index is 14.6. The minimum atomic E-state index is -3.88. The van der Waals surface area contributed by atoms with E-state index in [2.05, 4.69) is 36.8 Å². The standard InChI is InChI=1S/C35H52N8O7S/c1-6-23-19-35(23,32(46)40-51(48,49)25-14-15-25)39-30(44)26-20-42(28-18-27(36-22(2)37-28)41-16-10-7-11-17-41)21-43(26)31(45)29(34(3,4)5)38-33(47)50-24-12-8-9-13-24/h6,18,23-26,29H,1,7-17,19-21H2,2-5H3,(H,38,47)(H,39,44)(H,40,46)/t23-,26+,29-,35-/m1/s1. The van der Waals surface area contributed by atoms with Crippen LogP contribution in [0.25, 0.3) is 0 Å². The Morgan fingerprint density at radius 3 is 2.24 bits per heavy atom. The lowest BCUT2D eigenvalue weighted by molar-refractivity contribution is -0.142. The highest BCUT2D eigenvalue weighted by Gasteiger charge is 2.62. The molecule has 4 amide bonds. The lowest BCUT2D eigenvalue weighted by atomic mass is 9.85. The van der Waals surface area contributed by atoms with Crippen LogP contribution in [-0.4, -0.2) is 102 Å². The van der Waals surface area contributed by atoms with Gasteiger partial charge in [-0.15, -0.1) is 6.58 Å². The molecule has 15 nitrogen and oxygen atoms in total. The maximum atomic E-state index is 14.6. The predicted molar refractivity (Wildman–Crippen MR) is 190 cm³/mol. The van der Waals surface area contributed by atoms with Gasteiger partial charge in [-0.2, -0.15) is 0 Å². The van der Waals surface area contributed by atoms with E-state index in [1.807, 2.05) is 31.7 Å². The fraction of sp³-hybridized carbons (Fsp3) is 0.714. The molecule has 3 N–H and O–H groups in total. The molecule has 5 fully saturated rings. The Hall–Kier alpha value is -3.95. The Balaban J connectivity index is 1.28. The molecule has 280 valence electrons. The molecule has 6 rings (SSSR count). The van der Waals surface area contributed by atoms with Crippen molar-refractivity contribution in [3.8, 4) is 0 Å². The zero-order chi connectivity index (χ0) is 36.7. The van der Waals surface area contributed by atoms with Crippen molar-refractivity contribution in [3.63, 3.8) is 0 Å². The number of sulfonamides is 1. The van der Waals surface area contributed by atoms with Crippen LogP contribution in [0.3, 0.4) is 0 Å². The first-order chi connectivity index (χ1) is 24.1. The zero-order valence-corrected chi connectivity index (χ0v) is 31.0. The van der Waals surface area contributed by atoms with Crippen LogP contribution in [0.2, 0.25) is 0 Å². The molecule has 0 spiro atoms. The Morgan fingerprint density at radius 2 is 1.65 bits per heavy atom. The third kappa shape index (κ3) is 8.10. The van der Waals surface area contributed by atoms with Crippen molar-refractivity contribution in [1.29, 1.82) is 0 Å². The number of rotatable bonds is 11. The van der Waals surface area contributed by atoms with Gasteiger partial charge in [-0.25, -0.2) is 23.2 Å². The van der Waals surface area contributed by atoms with Crippen molar-refractivity contribution in [2.24, 2.45) is 11.3 Å². The third-order valence-corrected chi connectivity index (χ3v) is 12.5. The van der Waals surface area contributed by atoms with Crippen molar-refractivity contribution >= 4 is 45.5 Å². The highest BCUT2D eigenvalue weighted by Crippen LogP contribution is 2.45. The van der Waals surface area contributed by atoms with Crippen molar-refractivity contribution in [1.82, 2.24) is 30.2 Å². The van der Waals surface area contributed by atoms with Gasteiger partial charge in [0.05, 0.1) is 18.5 Å². The molecule has 1 aromatic rings. The molecule has 0 radical (unpaired) electrons. The van der Waals surface area contributed by atoms with Crippen LogP contribution in [0.1, 0.15) is 90.8 Å². The van der Waals surface area contributed by atoms with Gasteiger partial charge in [-0.05, 0) is 76.5 Å². The van der Waals surface area contributed by atoms with E-state index in [1.54, 1.807) is 6.92 Å². The van der Waals surface area contributed by atoms with Crippen LogP contribution in [0, 0.1) is 18.3 Å². The summed E-state index contributed by atoms with van der Waals surface area (Å²) in [5, 5.41) is 5.00. The Morgan fingerprint density at radius 1 is 1.00 bits per heavy atom. The molecule has 3 heterocycles. The van der Waals surface area contributed by atoms with E-state index in [9.17, 15) is 27.6 Å². The first kappa shape index (κ1) is 36.8. The molecule has 0 aromatic carbocycles. The molecule has 16 heteroatoms. The monoisotopic (exact) mass is 728 g/mol. The SMILES string of the molecule is C=C[C@@H]1C[C@]1(NC(=O)[C@@H]1CN(c2cc(N3CCCCC3)nc(C)n2)CN1C(=O)[C@@H](NC(=O)OC1CCCC1)C(C)(C)C)C(=O)NS(=O)(=O)C1CC1. The highest BCUT2D eigenvalue weighted by atomic mass is 32.2. The molecule has 2 saturated heterocycles. The van der Waals surface area contributed by atoms with Gasteiger partial charge in [0.25, 0.3) is 5.91 Å². The van der Waals surface area contributed by atoms with Gasteiger partial charge in [0, 0.05) is 25.1 Å². The molecule has 3 saturated carbocycles. The van der Waals surface area contributed by atoms with Crippen molar-refractivity contribution in [3.05, 3.63) is 24.5 Å². The summed E-state index contributed by atoms with van der Waals surface area (Å²) >= 11 is 0. The van der Waals surface area contributed by atoms with Crippen LogP contribution in [0.15, 0.2) is 18.7 Å². The average Bonchev–Trinajstić information content (AvgIpc) is 3.95. The molecule has 51 heavy (non-hydrogen) atoms. The number of amides is 4. The number of alkyl carbamates (subject to hydrolysis) is 1. The lowest BCUT2D eigenvalue weighted by Gasteiger charge is -2.35. The van der Waals surface area contributed by atoms with Crippen molar-refractivity contribution in [2.75, 3.05) is 36.1 Å². The van der Waals surface area contributed by atoms with E-state index in [0.29, 0.717) is 24.5 Å². The molecular formula is C35H52N8O7S. The Kier molecular flexibility index (Phi) is 10.3. The molecule has 4 atom stereocenters. The predicted octanol–water partition coefficient (Wildman–Crippen LogP) is 2.50. The average molecular weight is 729 g/mol. The summed E-state index contributed by atoms with van der Waals surface area (Å²) in [5.41, 5.74) is -2.29. The largest absolute Gasteiger partial charge is 0.446 e. The Labute approximate surface area is 300 Å². The van der Waals surface area contributed by atoms with E-state index in [-0.39, 0.29) is 25.7 Å². The van der Waals surface area contributed by atoms with Crippen LogP contribution in [0.4, 0.5) is 16.4 Å². The van der Waals surface area contributed by atoms with Crippen LogP contribution < -0.4 is 25.2 Å². The number of hydrogen-bond acceptors (Lipinski definition) is 11. The summed E-state index contributed by atoms with van der Waals surface area (Å²) in [4.78, 5) is 70.3.